The number of benzene rings is 1. The number of halogens is 1. The molecular formula is C24H32FN5O3S. The molecule has 3 aliphatic heterocycles. The summed E-state index contributed by atoms with van der Waals surface area (Å²) in [6.07, 6.45) is 4.15. The smallest absolute Gasteiger partial charge is 0.407 e. The van der Waals surface area contributed by atoms with E-state index in [4.69, 9.17) is 0 Å². The fourth-order valence-corrected chi connectivity index (χ4v) is 5.93. The molecule has 2 unspecified atom stereocenters. The van der Waals surface area contributed by atoms with E-state index >= 15 is 0 Å². The normalized spacial score (nSPS) is 24.8. The maximum atomic E-state index is 14.3. The van der Waals surface area contributed by atoms with Crippen molar-refractivity contribution in [3.8, 4) is 0 Å². The van der Waals surface area contributed by atoms with Crippen LogP contribution in [0.5, 0.6) is 0 Å². The number of carbonyl (C=O) groups is 2. The molecule has 0 aromatic heterocycles. The van der Waals surface area contributed by atoms with Crippen molar-refractivity contribution in [1.82, 2.24) is 20.2 Å². The average molecular weight is 490 g/mol. The minimum atomic E-state index is -0.987. The molecule has 2 amide bonds. The molecule has 2 atom stereocenters. The summed E-state index contributed by atoms with van der Waals surface area (Å²) in [5.41, 5.74) is 4.49. The maximum Gasteiger partial charge on any atom is 0.407 e. The third-order valence-corrected chi connectivity index (χ3v) is 7.80. The van der Waals surface area contributed by atoms with Gasteiger partial charge in [0.15, 0.2) is 5.17 Å². The maximum absolute atomic E-state index is 14.3. The van der Waals surface area contributed by atoms with Crippen molar-refractivity contribution in [2.75, 3.05) is 32.7 Å². The number of rotatable bonds is 5. The lowest BCUT2D eigenvalue weighted by Gasteiger charge is -2.42. The molecule has 3 heterocycles. The van der Waals surface area contributed by atoms with Crippen molar-refractivity contribution < 1.29 is 19.1 Å². The molecule has 2 N–H and O–H groups in total. The van der Waals surface area contributed by atoms with Gasteiger partial charge in [-0.3, -0.25) is 9.80 Å². The predicted octanol–water partition coefficient (Wildman–Crippen LogP) is 3.92. The zero-order valence-corrected chi connectivity index (χ0v) is 20.5. The second-order valence-corrected chi connectivity index (χ2v) is 9.75. The van der Waals surface area contributed by atoms with Crippen molar-refractivity contribution in [3.63, 3.8) is 0 Å². The summed E-state index contributed by atoms with van der Waals surface area (Å²) in [6, 6.07) is 4.22. The van der Waals surface area contributed by atoms with Crippen molar-refractivity contribution in [2.24, 2.45) is 4.99 Å². The van der Waals surface area contributed by atoms with Crippen LogP contribution in [-0.2, 0) is 4.79 Å². The second-order valence-electron chi connectivity index (χ2n) is 8.74. The SMILES string of the molecule is CCN(CC)C1CCN(C(=O)O)C(c2ccc(F)cc2C=C2SC(N3CCCCN3)=NC2=O)C1. The van der Waals surface area contributed by atoms with E-state index in [2.05, 4.69) is 29.2 Å². The number of piperidine rings is 1. The Labute approximate surface area is 203 Å². The van der Waals surface area contributed by atoms with Gasteiger partial charge in [-0.15, -0.1) is 0 Å². The van der Waals surface area contributed by atoms with Gasteiger partial charge in [0.25, 0.3) is 5.91 Å². The lowest BCUT2D eigenvalue weighted by molar-refractivity contribution is -0.113. The first-order valence-corrected chi connectivity index (χ1v) is 12.8. The number of nitrogens with one attached hydrogen (secondary N) is 1. The fraction of sp³-hybridized carbons (Fsp3) is 0.542. The molecule has 0 spiro atoms. The molecule has 1 aromatic carbocycles. The Bertz CT molecular complexity index is 991. The van der Waals surface area contributed by atoms with E-state index in [0.717, 1.165) is 45.4 Å². The van der Waals surface area contributed by atoms with Crippen LogP contribution in [0.1, 0.15) is 56.7 Å². The summed E-state index contributed by atoms with van der Waals surface area (Å²) >= 11 is 1.27. The molecule has 3 aliphatic rings. The zero-order valence-electron chi connectivity index (χ0n) is 19.7. The van der Waals surface area contributed by atoms with Gasteiger partial charge in [-0.2, -0.15) is 4.99 Å². The second kappa shape index (κ2) is 10.9. The Kier molecular flexibility index (Phi) is 7.90. The van der Waals surface area contributed by atoms with Gasteiger partial charge in [-0.05, 0) is 79.9 Å². The molecule has 0 radical (unpaired) electrons. The predicted molar refractivity (Wildman–Crippen MR) is 132 cm³/mol. The number of amides is 2. The number of hydrogen-bond acceptors (Lipinski definition) is 6. The number of likely N-dealkylation sites (tertiary alicyclic amines) is 1. The molecule has 0 aliphatic carbocycles. The monoisotopic (exact) mass is 489 g/mol. The van der Waals surface area contributed by atoms with Crippen molar-refractivity contribution in [1.29, 1.82) is 0 Å². The quantitative estimate of drug-likeness (QED) is 0.606. The number of hydrogen-bond donors (Lipinski definition) is 2. The van der Waals surface area contributed by atoms with E-state index in [1.54, 1.807) is 12.1 Å². The number of aliphatic imine (C=N–C) groups is 1. The number of thioether (sulfide) groups is 1. The van der Waals surface area contributed by atoms with Crippen LogP contribution in [-0.4, -0.2) is 75.8 Å². The van der Waals surface area contributed by atoms with E-state index in [1.165, 1.54) is 28.8 Å². The summed E-state index contributed by atoms with van der Waals surface area (Å²) in [4.78, 5) is 33.1. The largest absolute Gasteiger partial charge is 0.465 e. The molecule has 10 heteroatoms. The van der Waals surface area contributed by atoms with Crippen LogP contribution < -0.4 is 5.43 Å². The zero-order chi connectivity index (χ0) is 24.2. The molecular weight excluding hydrogens is 457 g/mol. The molecule has 8 nitrogen and oxygen atoms in total. The topological polar surface area (TPSA) is 88.5 Å². The summed E-state index contributed by atoms with van der Waals surface area (Å²) in [5, 5.41) is 12.4. The van der Waals surface area contributed by atoms with Crippen LogP contribution in [0.15, 0.2) is 28.1 Å². The van der Waals surface area contributed by atoms with Crippen molar-refractivity contribution in [3.05, 3.63) is 40.0 Å². The van der Waals surface area contributed by atoms with Crippen LogP contribution in [0.4, 0.5) is 9.18 Å². The van der Waals surface area contributed by atoms with E-state index < -0.39 is 18.0 Å². The van der Waals surface area contributed by atoms with Crippen LogP contribution in [0.3, 0.4) is 0 Å². The number of carboxylic acid groups (broad SMARTS) is 1. The number of nitrogens with zero attached hydrogens (tertiary/aromatic N) is 4. The average Bonchev–Trinajstić information content (AvgIpc) is 3.20. The number of hydrazine groups is 1. The Morgan fingerprint density at radius 1 is 1.32 bits per heavy atom. The van der Waals surface area contributed by atoms with E-state index in [-0.39, 0.29) is 11.9 Å². The molecule has 0 saturated carbocycles. The highest BCUT2D eigenvalue weighted by Crippen LogP contribution is 2.38. The first-order chi connectivity index (χ1) is 16.4. The minimum Gasteiger partial charge on any atom is -0.465 e. The highest BCUT2D eigenvalue weighted by atomic mass is 32.2. The summed E-state index contributed by atoms with van der Waals surface area (Å²) < 4.78 is 14.3. The van der Waals surface area contributed by atoms with Gasteiger partial charge in [0.1, 0.15) is 5.82 Å². The van der Waals surface area contributed by atoms with Crippen LogP contribution in [0.25, 0.3) is 6.08 Å². The lowest BCUT2D eigenvalue weighted by atomic mass is 9.88. The Morgan fingerprint density at radius 3 is 2.79 bits per heavy atom. The van der Waals surface area contributed by atoms with E-state index in [0.29, 0.717) is 34.2 Å². The van der Waals surface area contributed by atoms with Gasteiger partial charge in [0.2, 0.25) is 0 Å². The molecule has 184 valence electrons. The Morgan fingerprint density at radius 2 is 2.12 bits per heavy atom. The molecule has 2 saturated heterocycles. The van der Waals surface area contributed by atoms with Gasteiger partial charge in [-0.25, -0.2) is 14.6 Å². The third-order valence-electron chi connectivity index (χ3n) is 6.79. The number of carbonyl (C=O) groups excluding carboxylic acids is 1. The summed E-state index contributed by atoms with van der Waals surface area (Å²) in [7, 11) is 0. The Balaban J connectivity index is 1.64. The highest BCUT2D eigenvalue weighted by Gasteiger charge is 2.36. The van der Waals surface area contributed by atoms with Crippen LogP contribution in [0, 0.1) is 5.82 Å². The van der Waals surface area contributed by atoms with Gasteiger partial charge in [0, 0.05) is 25.7 Å². The van der Waals surface area contributed by atoms with E-state index in [9.17, 15) is 19.1 Å². The third kappa shape index (κ3) is 5.29. The standard InChI is InChI=1S/C24H32FN5O3S/c1-3-28(4-2)18-9-12-29(24(32)33)20(15-18)19-8-7-17(25)13-16(19)14-21-22(31)27-23(34-21)30-11-6-5-10-26-30/h7-8,13-14,18,20,26H,3-6,9-12,15H2,1-2H3,(H,32,33). The first kappa shape index (κ1) is 24.7. The van der Waals surface area contributed by atoms with Crippen molar-refractivity contribution in [2.45, 2.75) is 51.6 Å². The molecule has 2 fully saturated rings. The lowest BCUT2D eigenvalue weighted by Crippen LogP contribution is -2.48. The minimum absolute atomic E-state index is 0.240. The highest BCUT2D eigenvalue weighted by molar-refractivity contribution is 8.18. The summed E-state index contributed by atoms with van der Waals surface area (Å²) in [6.45, 7) is 8.01. The molecule has 34 heavy (non-hydrogen) atoms. The molecule has 0 bridgehead atoms. The summed E-state index contributed by atoms with van der Waals surface area (Å²) in [5.74, 6) is -0.787. The first-order valence-electron chi connectivity index (χ1n) is 12.0. The van der Waals surface area contributed by atoms with Crippen molar-refractivity contribution >= 4 is 35.0 Å². The number of amidine groups is 1. The van der Waals surface area contributed by atoms with Crippen LogP contribution >= 0.6 is 11.8 Å². The molecule has 4 rings (SSSR count). The Hall–Kier alpha value is -2.43. The van der Waals surface area contributed by atoms with Gasteiger partial charge in [-0.1, -0.05) is 19.9 Å². The van der Waals surface area contributed by atoms with Gasteiger partial charge >= 0.3 is 6.09 Å². The molecule has 1 aromatic rings. The van der Waals surface area contributed by atoms with E-state index in [1.807, 2.05) is 5.01 Å². The van der Waals surface area contributed by atoms with Gasteiger partial charge in [0.05, 0.1) is 10.9 Å². The van der Waals surface area contributed by atoms with Crippen LogP contribution in [0.2, 0.25) is 0 Å². The van der Waals surface area contributed by atoms with Gasteiger partial charge < -0.3 is 14.9 Å². The fourth-order valence-electron chi connectivity index (χ4n) is 5.02.